The second-order valence-electron chi connectivity index (χ2n) is 7.71. The highest BCUT2D eigenvalue weighted by molar-refractivity contribution is 7.93. The predicted molar refractivity (Wildman–Crippen MR) is 121 cm³/mol. The number of rotatable bonds is 8. The summed E-state index contributed by atoms with van der Waals surface area (Å²) in [6.45, 7) is 2.03. The van der Waals surface area contributed by atoms with E-state index < -0.39 is 20.0 Å². The van der Waals surface area contributed by atoms with Crippen molar-refractivity contribution in [3.8, 4) is 0 Å². The van der Waals surface area contributed by atoms with Crippen LogP contribution in [-0.2, 0) is 26.6 Å². The molecule has 1 saturated carbocycles. The largest absolute Gasteiger partial charge is 0.264 e. The van der Waals surface area contributed by atoms with Gasteiger partial charge in [0, 0.05) is 6.04 Å². The average molecular weight is 457 g/mol. The molecule has 4 rings (SSSR count). The molecule has 0 bridgehead atoms. The van der Waals surface area contributed by atoms with Crippen molar-refractivity contribution in [3.63, 3.8) is 0 Å². The topological polar surface area (TPSA) is 83.6 Å². The van der Waals surface area contributed by atoms with Gasteiger partial charge in [0.25, 0.3) is 10.0 Å². The molecule has 0 saturated heterocycles. The zero-order valence-corrected chi connectivity index (χ0v) is 18.7. The first-order valence-electron chi connectivity index (χ1n) is 10.0. The Morgan fingerprint density at radius 1 is 0.839 bits per heavy atom. The number of hydrogen-bond donors (Lipinski definition) is 1. The lowest BCUT2D eigenvalue weighted by Crippen LogP contribution is -2.31. The van der Waals surface area contributed by atoms with E-state index in [9.17, 15) is 16.8 Å². The Kier molecular flexibility index (Phi) is 5.88. The van der Waals surface area contributed by atoms with E-state index in [0.29, 0.717) is 5.69 Å². The normalized spacial score (nSPS) is 14.4. The van der Waals surface area contributed by atoms with Crippen LogP contribution >= 0.6 is 0 Å². The molecule has 0 amide bonds. The summed E-state index contributed by atoms with van der Waals surface area (Å²) in [7, 11) is -7.79. The molecular formula is C23H24N2O4S2. The minimum absolute atomic E-state index is 0.0515. The SMILES string of the molecule is Cc1cccc(N(Cc2ccccc2)S(=O)(=O)c2cccc(S(=O)(=O)NC3CC3)c2)c1. The molecule has 3 aromatic carbocycles. The summed E-state index contributed by atoms with van der Waals surface area (Å²) in [4.78, 5) is -0.118. The third-order valence-electron chi connectivity index (χ3n) is 5.06. The highest BCUT2D eigenvalue weighted by Crippen LogP contribution is 2.29. The minimum atomic E-state index is -4.02. The van der Waals surface area contributed by atoms with Crippen molar-refractivity contribution in [2.24, 2.45) is 0 Å². The van der Waals surface area contributed by atoms with Gasteiger partial charge in [-0.05, 0) is 61.2 Å². The van der Waals surface area contributed by atoms with Gasteiger partial charge in [0.05, 0.1) is 22.0 Å². The molecule has 1 aliphatic rings. The quantitative estimate of drug-likeness (QED) is 0.558. The van der Waals surface area contributed by atoms with Gasteiger partial charge in [-0.25, -0.2) is 21.6 Å². The first kappa shape index (κ1) is 21.5. The van der Waals surface area contributed by atoms with Crippen LogP contribution in [0.1, 0.15) is 24.0 Å². The number of sulfonamides is 2. The van der Waals surface area contributed by atoms with Gasteiger partial charge in [-0.2, -0.15) is 0 Å². The van der Waals surface area contributed by atoms with Gasteiger partial charge in [-0.1, -0.05) is 48.5 Å². The molecule has 0 radical (unpaired) electrons. The molecule has 162 valence electrons. The predicted octanol–water partition coefficient (Wildman–Crippen LogP) is 3.83. The summed E-state index contributed by atoms with van der Waals surface area (Å²) < 4.78 is 56.5. The number of anilines is 1. The van der Waals surface area contributed by atoms with E-state index in [1.165, 1.54) is 28.6 Å². The van der Waals surface area contributed by atoms with Gasteiger partial charge in [0.15, 0.2) is 0 Å². The van der Waals surface area contributed by atoms with Crippen molar-refractivity contribution in [3.05, 3.63) is 90.0 Å². The number of nitrogens with one attached hydrogen (secondary N) is 1. The Morgan fingerprint density at radius 3 is 2.19 bits per heavy atom. The Morgan fingerprint density at radius 2 is 1.52 bits per heavy atom. The molecule has 1 N–H and O–H groups in total. The number of nitrogens with zero attached hydrogens (tertiary/aromatic N) is 1. The number of aryl methyl sites for hydroxylation is 1. The molecule has 1 aliphatic carbocycles. The van der Waals surface area contributed by atoms with Crippen LogP contribution in [0.5, 0.6) is 0 Å². The van der Waals surface area contributed by atoms with Gasteiger partial charge in [-0.15, -0.1) is 0 Å². The lowest BCUT2D eigenvalue weighted by Gasteiger charge is -2.25. The summed E-state index contributed by atoms with van der Waals surface area (Å²) in [6.07, 6.45) is 1.60. The molecule has 0 aliphatic heterocycles. The maximum atomic E-state index is 13.7. The van der Waals surface area contributed by atoms with Gasteiger partial charge >= 0.3 is 0 Å². The highest BCUT2D eigenvalue weighted by Gasteiger charge is 2.30. The molecule has 0 spiro atoms. The molecule has 0 unspecified atom stereocenters. The molecular weight excluding hydrogens is 432 g/mol. The summed E-state index contributed by atoms with van der Waals surface area (Å²) in [5, 5.41) is 0. The van der Waals surface area contributed by atoms with Crippen LogP contribution in [0.2, 0.25) is 0 Å². The van der Waals surface area contributed by atoms with E-state index in [1.807, 2.05) is 43.3 Å². The Labute approximate surface area is 183 Å². The lowest BCUT2D eigenvalue weighted by atomic mass is 10.2. The highest BCUT2D eigenvalue weighted by atomic mass is 32.2. The first-order chi connectivity index (χ1) is 14.8. The standard InChI is InChI=1S/C23H24N2O4S2/c1-18-7-5-10-21(15-18)25(17-19-8-3-2-4-9-19)31(28,29)23-12-6-11-22(16-23)30(26,27)24-20-13-14-20/h2-12,15-16,20,24H,13-14,17H2,1H3. The second-order valence-corrected chi connectivity index (χ2v) is 11.3. The van der Waals surface area contributed by atoms with E-state index in [0.717, 1.165) is 24.0 Å². The van der Waals surface area contributed by atoms with Crippen LogP contribution in [0.3, 0.4) is 0 Å². The van der Waals surface area contributed by atoms with Crippen molar-refractivity contribution < 1.29 is 16.8 Å². The number of benzene rings is 3. The molecule has 31 heavy (non-hydrogen) atoms. The van der Waals surface area contributed by atoms with Gasteiger partial charge in [-0.3, -0.25) is 4.31 Å². The molecule has 3 aromatic rings. The maximum absolute atomic E-state index is 13.7. The van der Waals surface area contributed by atoms with Crippen LogP contribution < -0.4 is 9.03 Å². The van der Waals surface area contributed by atoms with E-state index >= 15 is 0 Å². The van der Waals surface area contributed by atoms with Crippen LogP contribution in [0.25, 0.3) is 0 Å². The summed E-state index contributed by atoms with van der Waals surface area (Å²) in [5.41, 5.74) is 2.27. The summed E-state index contributed by atoms with van der Waals surface area (Å²) in [5.74, 6) is 0. The second kappa shape index (κ2) is 8.45. The zero-order chi connectivity index (χ0) is 22.1. The lowest BCUT2D eigenvalue weighted by molar-refractivity contribution is 0.580. The van der Waals surface area contributed by atoms with Crippen LogP contribution in [0.15, 0.2) is 88.7 Å². The third-order valence-corrected chi connectivity index (χ3v) is 8.35. The maximum Gasteiger partial charge on any atom is 0.264 e. The Hall–Kier alpha value is -2.68. The Bertz CT molecular complexity index is 1290. The smallest absolute Gasteiger partial charge is 0.262 e. The van der Waals surface area contributed by atoms with E-state index in [1.54, 1.807) is 18.2 Å². The molecule has 8 heteroatoms. The Balaban J connectivity index is 1.76. The van der Waals surface area contributed by atoms with Crippen LogP contribution in [0.4, 0.5) is 5.69 Å². The number of hydrogen-bond acceptors (Lipinski definition) is 4. The summed E-state index contributed by atoms with van der Waals surface area (Å²) in [6, 6.07) is 22.0. The van der Waals surface area contributed by atoms with Crippen LogP contribution in [0, 0.1) is 6.92 Å². The monoisotopic (exact) mass is 456 g/mol. The third kappa shape index (κ3) is 4.98. The molecule has 0 heterocycles. The average Bonchev–Trinajstić information content (AvgIpc) is 3.56. The van der Waals surface area contributed by atoms with Gasteiger partial charge < -0.3 is 0 Å². The van der Waals surface area contributed by atoms with Gasteiger partial charge in [0.1, 0.15) is 0 Å². The fourth-order valence-electron chi connectivity index (χ4n) is 3.27. The molecule has 0 atom stereocenters. The fraction of sp³-hybridized carbons (Fsp3) is 0.217. The van der Waals surface area contributed by atoms with E-state index in [4.69, 9.17) is 0 Å². The summed E-state index contributed by atoms with van der Waals surface area (Å²) >= 11 is 0. The first-order valence-corrected chi connectivity index (χ1v) is 12.9. The van der Waals surface area contributed by atoms with E-state index in [2.05, 4.69) is 4.72 Å². The van der Waals surface area contributed by atoms with Crippen molar-refractivity contribution in [2.45, 2.75) is 42.1 Å². The fourth-order valence-corrected chi connectivity index (χ4v) is 6.18. The van der Waals surface area contributed by atoms with Crippen molar-refractivity contribution in [2.75, 3.05) is 4.31 Å². The van der Waals surface area contributed by atoms with E-state index in [-0.39, 0.29) is 22.4 Å². The van der Waals surface area contributed by atoms with Gasteiger partial charge in [0.2, 0.25) is 10.0 Å². The zero-order valence-electron chi connectivity index (χ0n) is 17.1. The van der Waals surface area contributed by atoms with Crippen molar-refractivity contribution in [1.82, 2.24) is 4.72 Å². The molecule has 6 nitrogen and oxygen atoms in total. The molecule has 1 fully saturated rings. The van der Waals surface area contributed by atoms with Crippen LogP contribution in [-0.4, -0.2) is 22.9 Å². The van der Waals surface area contributed by atoms with Crippen molar-refractivity contribution in [1.29, 1.82) is 0 Å². The van der Waals surface area contributed by atoms with Crippen molar-refractivity contribution >= 4 is 25.7 Å². The minimum Gasteiger partial charge on any atom is -0.262 e. The molecule has 0 aromatic heterocycles.